The summed E-state index contributed by atoms with van der Waals surface area (Å²) in [5, 5.41) is 12.9. The maximum Gasteiger partial charge on any atom is 0.341 e. The van der Waals surface area contributed by atoms with Gasteiger partial charge in [-0.15, -0.1) is 5.10 Å². The normalized spacial score (nSPS) is 10.4. The van der Waals surface area contributed by atoms with Crippen molar-refractivity contribution in [2.75, 3.05) is 6.61 Å². The fourth-order valence-corrected chi connectivity index (χ4v) is 1.76. The molecular weight excluding hydrogens is 244 g/mol. The van der Waals surface area contributed by atoms with Gasteiger partial charge in [0, 0.05) is 11.8 Å². The van der Waals surface area contributed by atoms with Gasteiger partial charge in [-0.05, 0) is 25.5 Å². The van der Waals surface area contributed by atoms with Crippen LogP contribution in [0.1, 0.15) is 18.2 Å². The predicted octanol–water partition coefficient (Wildman–Crippen LogP) is 2.21. The molecule has 1 aromatic heterocycles. The Morgan fingerprint density at radius 1 is 1.37 bits per heavy atom. The van der Waals surface area contributed by atoms with E-state index in [0.29, 0.717) is 5.88 Å². The summed E-state index contributed by atoms with van der Waals surface area (Å²) in [6.07, 6.45) is 0.789. The fraction of sp³-hybridized carbons (Fsp3) is 0.286. The summed E-state index contributed by atoms with van der Waals surface area (Å²) >= 11 is 0. The lowest BCUT2D eigenvalue weighted by atomic mass is 10.2. The Hall–Kier alpha value is -2.30. The average Bonchev–Trinajstić information content (AvgIpc) is 2.80. The maximum absolute atomic E-state index is 10.5. The predicted molar refractivity (Wildman–Crippen MR) is 70.8 cm³/mol. The van der Waals surface area contributed by atoms with Gasteiger partial charge >= 0.3 is 5.97 Å². The molecule has 2 rings (SSSR count). The van der Waals surface area contributed by atoms with Gasteiger partial charge in [-0.1, -0.05) is 24.6 Å². The number of hydrogen-bond acceptors (Lipinski definition) is 3. The van der Waals surface area contributed by atoms with Gasteiger partial charge in [0.2, 0.25) is 5.88 Å². The minimum atomic E-state index is -1.01. The van der Waals surface area contributed by atoms with Crippen LogP contribution in [0.15, 0.2) is 30.3 Å². The molecule has 0 radical (unpaired) electrons. The number of nitrogens with zero attached hydrogens (tertiary/aromatic N) is 2. The third-order valence-electron chi connectivity index (χ3n) is 2.75. The standard InChI is InChI=1S/C14H16N2O3/c1-3-11-8-13(19-9-14(17)18)15-16(11)12-6-4-10(2)5-7-12/h4-8H,3,9H2,1-2H3,(H,17,18). The number of carboxylic acid groups (broad SMARTS) is 1. The van der Waals surface area contributed by atoms with Gasteiger partial charge < -0.3 is 9.84 Å². The molecule has 0 aliphatic rings. The number of carbonyl (C=O) groups is 1. The SMILES string of the molecule is CCc1cc(OCC(=O)O)nn1-c1ccc(C)cc1. The summed E-state index contributed by atoms with van der Waals surface area (Å²) in [7, 11) is 0. The third kappa shape index (κ3) is 3.13. The number of rotatable bonds is 5. The van der Waals surface area contributed by atoms with Gasteiger partial charge in [0.15, 0.2) is 6.61 Å². The zero-order valence-corrected chi connectivity index (χ0v) is 11.0. The first-order valence-corrected chi connectivity index (χ1v) is 6.10. The van der Waals surface area contributed by atoms with Crippen molar-refractivity contribution < 1.29 is 14.6 Å². The molecule has 0 atom stereocenters. The van der Waals surface area contributed by atoms with Crippen molar-refractivity contribution >= 4 is 5.97 Å². The molecule has 0 spiro atoms. The van der Waals surface area contributed by atoms with Gasteiger partial charge in [-0.3, -0.25) is 0 Å². The molecule has 0 fully saturated rings. The lowest BCUT2D eigenvalue weighted by Gasteiger charge is -2.05. The summed E-state index contributed by atoms with van der Waals surface area (Å²) in [6, 6.07) is 9.73. The van der Waals surface area contributed by atoms with Crippen molar-refractivity contribution in [3.8, 4) is 11.6 Å². The number of aliphatic carboxylic acids is 1. The molecule has 0 amide bonds. The smallest absolute Gasteiger partial charge is 0.341 e. The van der Waals surface area contributed by atoms with E-state index in [2.05, 4.69) is 5.10 Å². The van der Waals surface area contributed by atoms with E-state index in [4.69, 9.17) is 9.84 Å². The average molecular weight is 260 g/mol. The molecule has 0 bridgehead atoms. The summed E-state index contributed by atoms with van der Waals surface area (Å²) < 4.78 is 6.88. The van der Waals surface area contributed by atoms with E-state index in [0.717, 1.165) is 17.8 Å². The Kier molecular flexibility index (Phi) is 3.85. The van der Waals surface area contributed by atoms with Crippen LogP contribution in [0.4, 0.5) is 0 Å². The second-order valence-corrected chi connectivity index (χ2v) is 4.26. The molecule has 5 nitrogen and oxygen atoms in total. The Bertz CT molecular complexity index is 573. The highest BCUT2D eigenvalue weighted by molar-refractivity contribution is 5.68. The molecule has 1 N–H and O–H groups in total. The minimum Gasteiger partial charge on any atom is -0.479 e. The van der Waals surface area contributed by atoms with E-state index in [1.54, 1.807) is 10.7 Å². The van der Waals surface area contributed by atoms with Crippen molar-refractivity contribution in [2.24, 2.45) is 0 Å². The first-order valence-electron chi connectivity index (χ1n) is 6.10. The molecule has 0 saturated heterocycles. The third-order valence-corrected chi connectivity index (χ3v) is 2.75. The van der Waals surface area contributed by atoms with Crippen LogP contribution < -0.4 is 4.74 Å². The number of aryl methyl sites for hydroxylation is 2. The van der Waals surface area contributed by atoms with Crippen LogP contribution in [-0.2, 0) is 11.2 Å². The van der Waals surface area contributed by atoms with E-state index in [-0.39, 0.29) is 6.61 Å². The van der Waals surface area contributed by atoms with Gasteiger partial charge in [-0.2, -0.15) is 0 Å². The van der Waals surface area contributed by atoms with E-state index in [9.17, 15) is 4.79 Å². The lowest BCUT2D eigenvalue weighted by molar-refractivity contribution is -0.139. The van der Waals surface area contributed by atoms with Gasteiger partial charge in [0.05, 0.1) is 5.69 Å². The molecule has 1 heterocycles. The van der Waals surface area contributed by atoms with Crippen LogP contribution in [0.25, 0.3) is 5.69 Å². The summed E-state index contributed by atoms with van der Waals surface area (Å²) in [5.74, 6) is -0.678. The molecule has 0 aliphatic heterocycles. The zero-order valence-electron chi connectivity index (χ0n) is 11.0. The van der Waals surface area contributed by atoms with E-state index < -0.39 is 5.97 Å². The number of ether oxygens (including phenoxy) is 1. The molecular formula is C14H16N2O3. The summed E-state index contributed by atoms with van der Waals surface area (Å²) in [6.45, 7) is 3.66. The van der Waals surface area contributed by atoms with Crippen molar-refractivity contribution in [1.29, 1.82) is 0 Å². The van der Waals surface area contributed by atoms with E-state index in [1.807, 2.05) is 38.1 Å². The van der Waals surface area contributed by atoms with Crippen LogP contribution in [0.3, 0.4) is 0 Å². The van der Waals surface area contributed by atoms with Crippen LogP contribution in [-0.4, -0.2) is 27.5 Å². The lowest BCUT2D eigenvalue weighted by Crippen LogP contribution is -2.10. The Balaban J connectivity index is 2.28. The monoisotopic (exact) mass is 260 g/mol. The zero-order chi connectivity index (χ0) is 13.8. The second kappa shape index (κ2) is 5.56. The highest BCUT2D eigenvalue weighted by Gasteiger charge is 2.10. The molecule has 0 saturated carbocycles. The van der Waals surface area contributed by atoms with Crippen LogP contribution in [0.5, 0.6) is 5.88 Å². The van der Waals surface area contributed by atoms with E-state index in [1.165, 1.54) is 5.56 Å². The molecule has 1 aromatic carbocycles. The van der Waals surface area contributed by atoms with Crippen molar-refractivity contribution in [3.63, 3.8) is 0 Å². The molecule has 100 valence electrons. The molecule has 0 unspecified atom stereocenters. The highest BCUT2D eigenvalue weighted by Crippen LogP contribution is 2.18. The number of hydrogen-bond donors (Lipinski definition) is 1. The summed E-state index contributed by atoms with van der Waals surface area (Å²) in [5.41, 5.74) is 3.09. The summed E-state index contributed by atoms with van der Waals surface area (Å²) in [4.78, 5) is 10.5. The largest absolute Gasteiger partial charge is 0.479 e. The highest BCUT2D eigenvalue weighted by atomic mass is 16.5. The van der Waals surface area contributed by atoms with Gasteiger partial charge in [-0.25, -0.2) is 9.48 Å². The van der Waals surface area contributed by atoms with Crippen molar-refractivity contribution in [3.05, 3.63) is 41.6 Å². The van der Waals surface area contributed by atoms with E-state index >= 15 is 0 Å². The second-order valence-electron chi connectivity index (χ2n) is 4.26. The Morgan fingerprint density at radius 2 is 2.05 bits per heavy atom. The number of carboxylic acids is 1. The van der Waals surface area contributed by atoms with Crippen LogP contribution in [0.2, 0.25) is 0 Å². The topological polar surface area (TPSA) is 64.3 Å². The molecule has 2 aromatic rings. The maximum atomic E-state index is 10.5. The quantitative estimate of drug-likeness (QED) is 0.895. The first kappa shape index (κ1) is 13.1. The molecule has 0 aliphatic carbocycles. The molecule has 5 heteroatoms. The van der Waals surface area contributed by atoms with Gasteiger partial charge in [0.1, 0.15) is 0 Å². The van der Waals surface area contributed by atoms with Crippen LogP contribution >= 0.6 is 0 Å². The molecule has 19 heavy (non-hydrogen) atoms. The first-order chi connectivity index (χ1) is 9.10. The van der Waals surface area contributed by atoms with Crippen molar-refractivity contribution in [2.45, 2.75) is 20.3 Å². The number of benzene rings is 1. The van der Waals surface area contributed by atoms with Crippen molar-refractivity contribution in [1.82, 2.24) is 9.78 Å². The van der Waals surface area contributed by atoms with Crippen LogP contribution in [0, 0.1) is 6.92 Å². The Labute approximate surface area is 111 Å². The minimum absolute atomic E-state index is 0.333. The fourth-order valence-electron chi connectivity index (χ4n) is 1.76. The number of aromatic nitrogens is 2. The van der Waals surface area contributed by atoms with Gasteiger partial charge in [0.25, 0.3) is 0 Å². The Morgan fingerprint density at radius 3 is 2.63 bits per heavy atom.